The third-order valence-corrected chi connectivity index (χ3v) is 4.57. The van der Waals surface area contributed by atoms with Crippen LogP contribution in [0.25, 0.3) is 0 Å². The van der Waals surface area contributed by atoms with Gasteiger partial charge in [0.1, 0.15) is 0 Å². The molecule has 2 saturated heterocycles. The van der Waals surface area contributed by atoms with Crippen molar-refractivity contribution in [2.75, 3.05) is 19.6 Å². The number of piperidine rings is 1. The second kappa shape index (κ2) is 5.89. The van der Waals surface area contributed by atoms with Crippen molar-refractivity contribution in [2.45, 2.75) is 31.7 Å². The van der Waals surface area contributed by atoms with Crippen molar-refractivity contribution in [1.82, 2.24) is 15.2 Å². The topological polar surface area (TPSA) is 85.4 Å². The van der Waals surface area contributed by atoms with Crippen molar-refractivity contribution in [3.8, 4) is 5.88 Å². The standard InChI is InChI=1S/C15H21N3O3/c19-13-8-11(9-14(20)17-13)15(21)18-6-3-10(4-7-18)12-2-1-5-16-12/h8-10,12,16H,1-7H2,(H2,17,19,20). The summed E-state index contributed by atoms with van der Waals surface area (Å²) in [6.07, 6.45) is 4.48. The second-order valence-electron chi connectivity index (χ2n) is 5.95. The molecule has 0 radical (unpaired) electrons. The average Bonchev–Trinajstić information content (AvgIpc) is 3.00. The van der Waals surface area contributed by atoms with Crippen LogP contribution >= 0.6 is 0 Å². The Labute approximate surface area is 123 Å². The number of H-pyrrole nitrogens is 1. The van der Waals surface area contributed by atoms with Crippen molar-refractivity contribution in [2.24, 2.45) is 5.92 Å². The Morgan fingerprint density at radius 1 is 1.24 bits per heavy atom. The zero-order chi connectivity index (χ0) is 14.8. The van der Waals surface area contributed by atoms with Crippen LogP contribution in [0.1, 0.15) is 36.0 Å². The van der Waals surface area contributed by atoms with E-state index in [4.69, 9.17) is 0 Å². The van der Waals surface area contributed by atoms with Gasteiger partial charge in [0.25, 0.3) is 11.5 Å². The number of nitrogens with one attached hydrogen (secondary N) is 2. The number of aromatic amines is 1. The molecule has 1 unspecified atom stereocenters. The highest BCUT2D eigenvalue weighted by Crippen LogP contribution is 2.26. The smallest absolute Gasteiger partial charge is 0.254 e. The van der Waals surface area contributed by atoms with Gasteiger partial charge in [0, 0.05) is 31.3 Å². The quantitative estimate of drug-likeness (QED) is 0.748. The molecule has 3 N–H and O–H groups in total. The lowest BCUT2D eigenvalue weighted by molar-refractivity contribution is 0.0673. The maximum atomic E-state index is 12.4. The third-order valence-electron chi connectivity index (χ3n) is 4.57. The van der Waals surface area contributed by atoms with Crippen molar-refractivity contribution in [3.63, 3.8) is 0 Å². The summed E-state index contributed by atoms with van der Waals surface area (Å²) < 4.78 is 0. The van der Waals surface area contributed by atoms with Gasteiger partial charge < -0.3 is 15.3 Å². The first kappa shape index (κ1) is 14.1. The van der Waals surface area contributed by atoms with Crippen LogP contribution < -0.4 is 10.9 Å². The van der Waals surface area contributed by atoms with E-state index in [1.807, 2.05) is 0 Å². The average molecular weight is 291 g/mol. The summed E-state index contributed by atoms with van der Waals surface area (Å²) in [5.41, 5.74) is -0.197. The molecule has 21 heavy (non-hydrogen) atoms. The molecule has 0 aromatic carbocycles. The van der Waals surface area contributed by atoms with E-state index in [2.05, 4.69) is 10.3 Å². The summed E-state index contributed by atoms with van der Waals surface area (Å²) in [5.74, 6) is 0.203. The predicted molar refractivity (Wildman–Crippen MR) is 78.4 cm³/mol. The maximum absolute atomic E-state index is 12.4. The largest absolute Gasteiger partial charge is 0.494 e. The number of carbonyl (C=O) groups is 1. The van der Waals surface area contributed by atoms with Gasteiger partial charge in [0.2, 0.25) is 0 Å². The number of carbonyl (C=O) groups excluding carboxylic acids is 1. The number of amides is 1. The number of hydrogen-bond donors (Lipinski definition) is 3. The Balaban J connectivity index is 1.63. The van der Waals surface area contributed by atoms with Gasteiger partial charge in [-0.05, 0) is 38.1 Å². The highest BCUT2D eigenvalue weighted by atomic mass is 16.3. The maximum Gasteiger partial charge on any atom is 0.254 e. The summed E-state index contributed by atoms with van der Waals surface area (Å²) in [4.78, 5) is 27.7. The minimum atomic E-state index is -0.455. The molecule has 0 bridgehead atoms. The number of likely N-dealkylation sites (tertiary alicyclic amines) is 1. The normalized spacial score (nSPS) is 23.4. The van der Waals surface area contributed by atoms with Gasteiger partial charge >= 0.3 is 0 Å². The Kier molecular flexibility index (Phi) is 3.96. The van der Waals surface area contributed by atoms with Crippen LogP contribution in [0.5, 0.6) is 5.88 Å². The first-order valence-electron chi connectivity index (χ1n) is 7.59. The molecule has 114 valence electrons. The summed E-state index contributed by atoms with van der Waals surface area (Å²) in [5, 5.41) is 12.9. The van der Waals surface area contributed by atoms with E-state index < -0.39 is 5.56 Å². The fourth-order valence-electron chi connectivity index (χ4n) is 3.45. The lowest BCUT2D eigenvalue weighted by Crippen LogP contribution is -2.43. The van der Waals surface area contributed by atoms with E-state index in [1.165, 1.54) is 25.0 Å². The highest BCUT2D eigenvalue weighted by molar-refractivity contribution is 5.94. The van der Waals surface area contributed by atoms with Crippen molar-refractivity contribution >= 4 is 5.91 Å². The summed E-state index contributed by atoms with van der Waals surface area (Å²) in [6.45, 7) is 2.54. The Bertz CT molecular complexity index is 570. The van der Waals surface area contributed by atoms with Crippen molar-refractivity contribution < 1.29 is 9.90 Å². The van der Waals surface area contributed by atoms with E-state index in [9.17, 15) is 14.7 Å². The molecule has 0 saturated carbocycles. The summed E-state index contributed by atoms with van der Waals surface area (Å²) >= 11 is 0. The second-order valence-corrected chi connectivity index (χ2v) is 5.95. The lowest BCUT2D eigenvalue weighted by Gasteiger charge is -2.35. The van der Waals surface area contributed by atoms with E-state index in [1.54, 1.807) is 4.90 Å². The molecule has 2 aliphatic heterocycles. The molecule has 3 rings (SSSR count). The molecule has 1 amide bonds. The van der Waals surface area contributed by atoms with Crippen LogP contribution in [0.4, 0.5) is 0 Å². The van der Waals surface area contributed by atoms with Crippen molar-refractivity contribution in [3.05, 3.63) is 28.0 Å². The number of aromatic nitrogens is 1. The molecule has 6 nitrogen and oxygen atoms in total. The zero-order valence-electron chi connectivity index (χ0n) is 12.0. The molecule has 2 aliphatic rings. The molecule has 0 spiro atoms. The van der Waals surface area contributed by atoms with Gasteiger partial charge in [0.15, 0.2) is 5.88 Å². The molecule has 2 fully saturated rings. The minimum absolute atomic E-state index is 0.172. The van der Waals surface area contributed by atoms with Crippen LogP contribution in [0.2, 0.25) is 0 Å². The van der Waals surface area contributed by atoms with Crippen LogP contribution in [0.15, 0.2) is 16.9 Å². The number of aromatic hydroxyl groups is 1. The van der Waals surface area contributed by atoms with E-state index in [0.29, 0.717) is 12.0 Å². The van der Waals surface area contributed by atoms with Gasteiger partial charge in [-0.3, -0.25) is 14.6 Å². The van der Waals surface area contributed by atoms with Gasteiger partial charge in [-0.25, -0.2) is 0 Å². The van der Waals surface area contributed by atoms with Gasteiger partial charge in [-0.1, -0.05) is 0 Å². The molecule has 1 aromatic rings. The van der Waals surface area contributed by atoms with Gasteiger partial charge in [-0.2, -0.15) is 0 Å². The molecule has 1 aromatic heterocycles. The third kappa shape index (κ3) is 3.10. The fourth-order valence-corrected chi connectivity index (χ4v) is 3.45. The SMILES string of the molecule is O=C(c1cc(O)[nH]c(=O)c1)N1CCC(C2CCCN2)CC1. The molecule has 1 atom stereocenters. The van der Waals surface area contributed by atoms with E-state index >= 15 is 0 Å². The first-order valence-corrected chi connectivity index (χ1v) is 7.59. The Morgan fingerprint density at radius 3 is 2.62 bits per heavy atom. The summed E-state index contributed by atoms with van der Waals surface area (Å²) in [6, 6.07) is 3.16. The van der Waals surface area contributed by atoms with Gasteiger partial charge in [-0.15, -0.1) is 0 Å². The summed E-state index contributed by atoms with van der Waals surface area (Å²) in [7, 11) is 0. The van der Waals surface area contributed by atoms with Crippen LogP contribution in [0, 0.1) is 5.92 Å². The monoisotopic (exact) mass is 291 g/mol. The van der Waals surface area contributed by atoms with Gasteiger partial charge in [0.05, 0.1) is 5.56 Å². The molecular formula is C15H21N3O3. The Hall–Kier alpha value is -1.82. The van der Waals surface area contributed by atoms with Crippen LogP contribution in [-0.2, 0) is 0 Å². The molecular weight excluding hydrogens is 270 g/mol. The van der Waals surface area contributed by atoms with Crippen molar-refractivity contribution in [1.29, 1.82) is 0 Å². The van der Waals surface area contributed by atoms with E-state index in [0.717, 1.165) is 32.5 Å². The predicted octanol–water partition coefficient (Wildman–Crippen LogP) is 0.685. The highest BCUT2D eigenvalue weighted by Gasteiger charge is 2.30. The van der Waals surface area contributed by atoms with E-state index in [-0.39, 0.29) is 17.4 Å². The fraction of sp³-hybridized carbons (Fsp3) is 0.600. The zero-order valence-corrected chi connectivity index (χ0v) is 12.0. The number of hydrogen-bond acceptors (Lipinski definition) is 4. The molecule has 0 aliphatic carbocycles. The van der Waals surface area contributed by atoms with Crippen LogP contribution in [-0.4, -0.2) is 46.6 Å². The lowest BCUT2D eigenvalue weighted by atomic mass is 9.88. The molecule has 3 heterocycles. The minimum Gasteiger partial charge on any atom is -0.494 e. The first-order chi connectivity index (χ1) is 10.1. The Morgan fingerprint density at radius 2 is 2.00 bits per heavy atom. The number of nitrogens with zero attached hydrogens (tertiary/aromatic N) is 1. The number of pyridine rings is 1. The molecule has 6 heteroatoms. The number of rotatable bonds is 2. The van der Waals surface area contributed by atoms with Crippen LogP contribution in [0.3, 0.4) is 0 Å².